The van der Waals surface area contributed by atoms with Gasteiger partial charge in [-0.25, -0.2) is 0 Å². The minimum Gasteiger partial charge on any atom is -0.352 e. The summed E-state index contributed by atoms with van der Waals surface area (Å²) in [6.45, 7) is 7.14. The zero-order chi connectivity index (χ0) is 22.7. The molecule has 4 rings (SSSR count). The normalized spacial score (nSPS) is 13.2. The third-order valence-electron chi connectivity index (χ3n) is 5.54. The maximum Gasteiger partial charge on any atom is 0.258 e. The number of para-hydroxylation sites is 1. The van der Waals surface area contributed by atoms with Gasteiger partial charge < -0.3 is 14.7 Å². The number of carbonyl (C=O) groups is 2. The molecule has 2 amide bonds. The Kier molecular flexibility index (Phi) is 6.08. The molecule has 0 fully saturated rings. The molecule has 1 aliphatic rings. The van der Waals surface area contributed by atoms with Crippen LogP contribution in [0.5, 0.6) is 0 Å². The van der Waals surface area contributed by atoms with Gasteiger partial charge in [-0.05, 0) is 36.6 Å². The first-order valence-electron chi connectivity index (χ1n) is 10.9. The Morgan fingerprint density at radius 3 is 2.62 bits per heavy atom. The zero-order valence-electron chi connectivity index (χ0n) is 18.7. The number of rotatable bonds is 6. The first-order valence-corrected chi connectivity index (χ1v) is 10.9. The summed E-state index contributed by atoms with van der Waals surface area (Å²) < 4.78 is 5.42. The van der Waals surface area contributed by atoms with Crippen LogP contribution < -0.4 is 10.2 Å². The van der Waals surface area contributed by atoms with Gasteiger partial charge in [-0.3, -0.25) is 9.59 Å². The van der Waals surface area contributed by atoms with Crippen LogP contribution in [0.2, 0.25) is 0 Å². The summed E-state index contributed by atoms with van der Waals surface area (Å²) in [6.07, 6.45) is 1.84. The Bertz CT molecular complexity index is 1130. The van der Waals surface area contributed by atoms with Gasteiger partial charge >= 0.3 is 0 Å². The van der Waals surface area contributed by atoms with Gasteiger partial charge in [0.2, 0.25) is 5.91 Å². The zero-order valence-corrected chi connectivity index (χ0v) is 18.7. The highest BCUT2D eigenvalue weighted by atomic mass is 16.5. The lowest BCUT2D eigenvalue weighted by atomic mass is 9.96. The summed E-state index contributed by atoms with van der Waals surface area (Å²) in [5.74, 6) is 0.772. The van der Waals surface area contributed by atoms with E-state index in [-0.39, 0.29) is 17.2 Å². The number of hydrogen-bond acceptors (Lipinski definition) is 5. The maximum atomic E-state index is 12.8. The highest BCUT2D eigenvalue weighted by Gasteiger charge is 2.25. The highest BCUT2D eigenvalue weighted by Crippen LogP contribution is 2.28. The van der Waals surface area contributed by atoms with Crippen molar-refractivity contribution in [1.29, 1.82) is 0 Å². The van der Waals surface area contributed by atoms with Crippen LogP contribution >= 0.6 is 0 Å². The van der Waals surface area contributed by atoms with Crippen LogP contribution in [0.25, 0.3) is 11.5 Å². The van der Waals surface area contributed by atoms with Crippen LogP contribution in [0.1, 0.15) is 55.4 Å². The summed E-state index contributed by atoms with van der Waals surface area (Å²) in [4.78, 5) is 31.8. The van der Waals surface area contributed by atoms with Gasteiger partial charge in [0.1, 0.15) is 0 Å². The van der Waals surface area contributed by atoms with E-state index >= 15 is 0 Å². The molecule has 2 aromatic carbocycles. The van der Waals surface area contributed by atoms with Crippen LogP contribution in [0, 0.1) is 0 Å². The molecule has 0 aliphatic carbocycles. The number of anilines is 1. The largest absolute Gasteiger partial charge is 0.352 e. The smallest absolute Gasteiger partial charge is 0.258 e. The topological polar surface area (TPSA) is 88.3 Å². The fourth-order valence-electron chi connectivity index (χ4n) is 3.77. The number of benzene rings is 2. The van der Waals surface area contributed by atoms with Crippen LogP contribution in [-0.2, 0) is 16.6 Å². The lowest BCUT2D eigenvalue weighted by molar-refractivity contribution is -0.118. The predicted octanol–water partition coefficient (Wildman–Crippen LogP) is 4.13. The molecule has 0 unspecified atom stereocenters. The van der Waals surface area contributed by atoms with Gasteiger partial charge in [-0.2, -0.15) is 4.98 Å². The Labute approximate surface area is 187 Å². The molecule has 0 saturated carbocycles. The molecule has 2 heterocycles. The maximum absolute atomic E-state index is 12.8. The summed E-state index contributed by atoms with van der Waals surface area (Å²) in [7, 11) is 0. The van der Waals surface area contributed by atoms with E-state index in [4.69, 9.17) is 4.52 Å². The molecular formula is C25H28N4O3. The van der Waals surface area contributed by atoms with E-state index in [1.54, 1.807) is 18.2 Å². The van der Waals surface area contributed by atoms with Crippen molar-refractivity contribution in [3.05, 3.63) is 65.5 Å². The van der Waals surface area contributed by atoms with Gasteiger partial charge in [0.15, 0.2) is 5.82 Å². The monoisotopic (exact) mass is 432 g/mol. The van der Waals surface area contributed by atoms with E-state index in [2.05, 4.69) is 21.5 Å². The van der Waals surface area contributed by atoms with Gasteiger partial charge in [0.25, 0.3) is 11.8 Å². The van der Waals surface area contributed by atoms with Crippen molar-refractivity contribution in [1.82, 2.24) is 15.5 Å². The van der Waals surface area contributed by atoms with Crippen LogP contribution in [0.4, 0.5) is 5.69 Å². The molecule has 3 aromatic rings. The first kappa shape index (κ1) is 21.7. The number of amides is 2. The lowest BCUT2D eigenvalue weighted by Gasteiger charge is -2.17. The predicted molar refractivity (Wildman–Crippen MR) is 123 cm³/mol. The van der Waals surface area contributed by atoms with E-state index in [1.165, 1.54) is 5.56 Å². The average molecular weight is 433 g/mol. The van der Waals surface area contributed by atoms with Gasteiger partial charge in [-0.15, -0.1) is 0 Å². The standard InChI is InChI=1S/C25H28N4O3/c1-25(2,3)24-27-23(32-28-24)19-11-6-5-10-18(19)22(31)26-15-8-13-21(30)29-16-14-17-9-4-7-12-20(17)29/h4-7,9-12H,8,13-16H2,1-3H3,(H,26,31). The number of nitrogens with zero attached hydrogens (tertiary/aromatic N) is 3. The van der Waals surface area contributed by atoms with Crippen molar-refractivity contribution < 1.29 is 14.1 Å². The molecule has 1 aliphatic heterocycles. The minimum atomic E-state index is -0.249. The fraction of sp³-hybridized carbons (Fsp3) is 0.360. The second kappa shape index (κ2) is 8.94. The Hall–Kier alpha value is -3.48. The van der Waals surface area contributed by atoms with Crippen molar-refractivity contribution in [3.63, 3.8) is 0 Å². The second-order valence-electron chi connectivity index (χ2n) is 9.00. The Morgan fingerprint density at radius 1 is 1.09 bits per heavy atom. The molecule has 0 radical (unpaired) electrons. The van der Waals surface area contributed by atoms with Gasteiger partial charge in [0.05, 0.1) is 11.1 Å². The van der Waals surface area contributed by atoms with Crippen LogP contribution in [-0.4, -0.2) is 35.0 Å². The summed E-state index contributed by atoms with van der Waals surface area (Å²) in [6, 6.07) is 15.2. The summed E-state index contributed by atoms with van der Waals surface area (Å²) >= 11 is 0. The van der Waals surface area contributed by atoms with Crippen molar-refractivity contribution >= 4 is 17.5 Å². The Morgan fingerprint density at radius 2 is 1.84 bits per heavy atom. The number of nitrogens with one attached hydrogen (secondary N) is 1. The fourth-order valence-corrected chi connectivity index (χ4v) is 3.77. The third kappa shape index (κ3) is 4.56. The highest BCUT2D eigenvalue weighted by molar-refractivity contribution is 6.00. The molecule has 0 spiro atoms. The van der Waals surface area contributed by atoms with Crippen LogP contribution in [0.15, 0.2) is 53.1 Å². The number of carbonyl (C=O) groups excluding carboxylic acids is 2. The molecule has 0 atom stereocenters. The molecule has 0 saturated heterocycles. The lowest BCUT2D eigenvalue weighted by Crippen LogP contribution is -2.30. The van der Waals surface area contributed by atoms with Crippen molar-refractivity contribution in [3.8, 4) is 11.5 Å². The van der Waals surface area contributed by atoms with Crippen molar-refractivity contribution in [2.75, 3.05) is 18.0 Å². The second-order valence-corrected chi connectivity index (χ2v) is 9.00. The molecule has 7 nitrogen and oxygen atoms in total. The molecule has 166 valence electrons. The van der Waals surface area contributed by atoms with Crippen molar-refractivity contribution in [2.45, 2.75) is 45.4 Å². The van der Waals surface area contributed by atoms with Gasteiger partial charge in [-0.1, -0.05) is 56.3 Å². The molecule has 7 heteroatoms. The molecule has 1 aromatic heterocycles. The SMILES string of the molecule is CC(C)(C)c1noc(-c2ccccc2C(=O)NCCCC(=O)N2CCc3ccccc32)n1. The van der Waals surface area contributed by atoms with Crippen LogP contribution in [0.3, 0.4) is 0 Å². The minimum absolute atomic E-state index is 0.0881. The number of fused-ring (bicyclic) bond motifs is 1. The van der Waals surface area contributed by atoms with E-state index in [0.717, 1.165) is 18.7 Å². The molecule has 0 bridgehead atoms. The number of hydrogen-bond donors (Lipinski definition) is 1. The molecular weight excluding hydrogens is 404 g/mol. The third-order valence-corrected chi connectivity index (χ3v) is 5.54. The molecule has 1 N–H and O–H groups in total. The number of aromatic nitrogens is 2. The van der Waals surface area contributed by atoms with E-state index in [0.29, 0.717) is 42.2 Å². The van der Waals surface area contributed by atoms with E-state index < -0.39 is 0 Å². The first-order chi connectivity index (χ1) is 15.3. The van der Waals surface area contributed by atoms with E-state index in [1.807, 2.05) is 49.9 Å². The summed E-state index contributed by atoms with van der Waals surface area (Å²) in [5.41, 5.74) is 3.03. The van der Waals surface area contributed by atoms with E-state index in [9.17, 15) is 9.59 Å². The average Bonchev–Trinajstić information content (AvgIpc) is 3.44. The quantitative estimate of drug-likeness (QED) is 0.592. The van der Waals surface area contributed by atoms with Gasteiger partial charge in [0, 0.05) is 30.6 Å². The summed E-state index contributed by atoms with van der Waals surface area (Å²) in [5, 5.41) is 6.96. The molecule has 32 heavy (non-hydrogen) atoms. The Balaban J connectivity index is 1.34. The van der Waals surface area contributed by atoms with Crippen molar-refractivity contribution in [2.24, 2.45) is 0 Å².